The fourth-order valence-electron chi connectivity index (χ4n) is 1.35. The number of alkyl halides is 3. The van der Waals surface area contributed by atoms with Gasteiger partial charge in [0.1, 0.15) is 5.76 Å². The second-order valence-corrected chi connectivity index (χ2v) is 3.52. The molecule has 1 N–H and O–H groups in total. The summed E-state index contributed by atoms with van der Waals surface area (Å²) in [6, 6.07) is 0. The Kier molecular flexibility index (Phi) is 3.04. The van der Waals surface area contributed by atoms with E-state index in [1.807, 2.05) is 0 Å². The zero-order valence-electron chi connectivity index (χ0n) is 9.19. The third-order valence-electron chi connectivity index (χ3n) is 2.33. The van der Waals surface area contributed by atoms with Crippen molar-refractivity contribution in [1.29, 1.82) is 0 Å². The molecule has 8 heteroatoms. The van der Waals surface area contributed by atoms with Gasteiger partial charge in [-0.1, -0.05) is 5.16 Å². The highest BCUT2D eigenvalue weighted by Crippen LogP contribution is 2.29. The molecule has 2 heterocycles. The average molecular weight is 259 g/mol. The maximum Gasteiger partial charge on any atom is 0.419 e. The lowest BCUT2D eigenvalue weighted by Crippen LogP contribution is -2.07. The molecule has 0 aliphatic rings. The smallest absolute Gasteiger partial charge is 0.391 e. The minimum Gasteiger partial charge on any atom is -0.391 e. The number of rotatable bonds is 2. The Bertz CT molecular complexity index is 548. The van der Waals surface area contributed by atoms with E-state index in [0.717, 1.165) is 0 Å². The molecule has 2 rings (SSSR count). The quantitative estimate of drug-likeness (QED) is 0.892. The predicted molar refractivity (Wildman–Crippen MR) is 53.2 cm³/mol. The van der Waals surface area contributed by atoms with Gasteiger partial charge in [0.25, 0.3) is 0 Å². The number of aliphatic hydroxyl groups is 1. The molecule has 2 aromatic rings. The summed E-state index contributed by atoms with van der Waals surface area (Å²) in [6.45, 7) is 1.22. The highest BCUT2D eigenvalue weighted by atomic mass is 19.4. The first-order chi connectivity index (χ1) is 8.43. The first kappa shape index (κ1) is 12.5. The SMILES string of the molecule is Cc1onc(-c2ncc(C(F)(F)F)cn2)c1CO. The second kappa shape index (κ2) is 4.37. The maximum absolute atomic E-state index is 12.3. The number of aliphatic hydroxyl groups excluding tert-OH is 1. The van der Waals surface area contributed by atoms with Gasteiger partial charge in [-0.3, -0.25) is 0 Å². The van der Waals surface area contributed by atoms with Gasteiger partial charge in [0, 0.05) is 12.4 Å². The third-order valence-corrected chi connectivity index (χ3v) is 2.33. The second-order valence-electron chi connectivity index (χ2n) is 3.52. The Morgan fingerprint density at radius 2 is 1.89 bits per heavy atom. The summed E-state index contributed by atoms with van der Waals surface area (Å²) >= 11 is 0. The third kappa shape index (κ3) is 2.19. The molecule has 96 valence electrons. The Hall–Kier alpha value is -1.96. The fraction of sp³-hybridized carbons (Fsp3) is 0.300. The van der Waals surface area contributed by atoms with Crippen LogP contribution in [0.15, 0.2) is 16.9 Å². The normalized spacial score (nSPS) is 11.8. The predicted octanol–water partition coefficient (Wildman–Crippen LogP) is 1.95. The molecule has 5 nitrogen and oxygen atoms in total. The summed E-state index contributed by atoms with van der Waals surface area (Å²) in [5, 5.41) is 12.7. The molecule has 0 aliphatic carbocycles. The molecule has 0 saturated carbocycles. The summed E-state index contributed by atoms with van der Waals surface area (Å²) in [4.78, 5) is 7.15. The van der Waals surface area contributed by atoms with Crippen molar-refractivity contribution in [1.82, 2.24) is 15.1 Å². The zero-order valence-corrected chi connectivity index (χ0v) is 9.19. The lowest BCUT2D eigenvalue weighted by atomic mass is 10.2. The summed E-state index contributed by atoms with van der Waals surface area (Å²) in [5.74, 6) is 0.347. The van der Waals surface area contributed by atoms with Gasteiger partial charge >= 0.3 is 6.18 Å². The van der Waals surface area contributed by atoms with Gasteiger partial charge in [-0.25, -0.2) is 9.97 Å². The van der Waals surface area contributed by atoms with Crippen LogP contribution in [-0.4, -0.2) is 20.2 Å². The van der Waals surface area contributed by atoms with E-state index in [0.29, 0.717) is 23.7 Å². The van der Waals surface area contributed by atoms with Crippen molar-refractivity contribution in [2.75, 3.05) is 0 Å². The van der Waals surface area contributed by atoms with Gasteiger partial charge in [-0.2, -0.15) is 13.2 Å². The Balaban J connectivity index is 2.40. The lowest BCUT2D eigenvalue weighted by molar-refractivity contribution is -0.138. The van der Waals surface area contributed by atoms with Gasteiger partial charge in [0.05, 0.1) is 17.7 Å². The topological polar surface area (TPSA) is 72.0 Å². The van der Waals surface area contributed by atoms with E-state index in [-0.39, 0.29) is 18.1 Å². The first-order valence-corrected chi connectivity index (χ1v) is 4.89. The Morgan fingerprint density at radius 3 is 2.39 bits per heavy atom. The summed E-state index contributed by atoms with van der Waals surface area (Å²) < 4.78 is 41.8. The molecular formula is C10H8F3N3O2. The van der Waals surface area contributed by atoms with Crippen LogP contribution in [0.4, 0.5) is 13.2 Å². The van der Waals surface area contributed by atoms with Crippen LogP contribution in [0.3, 0.4) is 0 Å². The summed E-state index contributed by atoms with van der Waals surface area (Å²) in [5.41, 5.74) is -0.449. The van der Waals surface area contributed by atoms with E-state index in [1.165, 1.54) is 0 Å². The minimum atomic E-state index is -4.49. The van der Waals surface area contributed by atoms with Gasteiger partial charge in [-0.15, -0.1) is 0 Å². The maximum atomic E-state index is 12.3. The molecule has 0 aliphatic heterocycles. The number of hydrogen-bond donors (Lipinski definition) is 1. The van der Waals surface area contributed by atoms with Crippen LogP contribution in [0.25, 0.3) is 11.5 Å². The zero-order chi connectivity index (χ0) is 13.3. The molecule has 0 amide bonds. The van der Waals surface area contributed by atoms with E-state index in [2.05, 4.69) is 15.1 Å². The van der Waals surface area contributed by atoms with Crippen molar-refractivity contribution in [2.24, 2.45) is 0 Å². The molecule has 2 aromatic heterocycles. The molecular weight excluding hydrogens is 251 g/mol. The number of hydrogen-bond acceptors (Lipinski definition) is 5. The number of nitrogens with zero attached hydrogens (tertiary/aromatic N) is 3. The average Bonchev–Trinajstić information content (AvgIpc) is 2.69. The van der Waals surface area contributed by atoms with Gasteiger partial charge < -0.3 is 9.63 Å². The van der Waals surface area contributed by atoms with Crippen LogP contribution >= 0.6 is 0 Å². The molecule has 0 fully saturated rings. The Morgan fingerprint density at radius 1 is 1.28 bits per heavy atom. The molecule has 0 spiro atoms. The molecule has 0 radical (unpaired) electrons. The summed E-state index contributed by atoms with van der Waals surface area (Å²) in [7, 11) is 0. The number of halogens is 3. The van der Waals surface area contributed by atoms with Gasteiger partial charge in [0.2, 0.25) is 0 Å². The molecule has 0 saturated heterocycles. The van der Waals surface area contributed by atoms with E-state index in [9.17, 15) is 13.2 Å². The summed E-state index contributed by atoms with van der Waals surface area (Å²) in [6.07, 6.45) is -3.17. The van der Waals surface area contributed by atoms with Crippen LogP contribution < -0.4 is 0 Å². The van der Waals surface area contributed by atoms with Crippen molar-refractivity contribution in [3.63, 3.8) is 0 Å². The number of aromatic nitrogens is 3. The molecule has 0 aromatic carbocycles. The Labute approximate surface area is 99.3 Å². The van der Waals surface area contributed by atoms with Crippen LogP contribution in [0.2, 0.25) is 0 Å². The van der Waals surface area contributed by atoms with Crippen molar-refractivity contribution < 1.29 is 22.8 Å². The van der Waals surface area contributed by atoms with E-state index < -0.39 is 11.7 Å². The van der Waals surface area contributed by atoms with E-state index in [1.54, 1.807) is 6.92 Å². The molecule has 0 unspecified atom stereocenters. The largest absolute Gasteiger partial charge is 0.419 e. The van der Waals surface area contributed by atoms with Crippen molar-refractivity contribution in [3.8, 4) is 11.5 Å². The molecule has 0 bridgehead atoms. The number of aryl methyl sites for hydroxylation is 1. The van der Waals surface area contributed by atoms with E-state index in [4.69, 9.17) is 9.63 Å². The van der Waals surface area contributed by atoms with Crippen molar-refractivity contribution >= 4 is 0 Å². The van der Waals surface area contributed by atoms with Crippen LogP contribution in [0, 0.1) is 6.92 Å². The van der Waals surface area contributed by atoms with Crippen LogP contribution in [-0.2, 0) is 12.8 Å². The van der Waals surface area contributed by atoms with Crippen molar-refractivity contribution in [2.45, 2.75) is 19.7 Å². The molecule has 0 atom stereocenters. The lowest BCUT2D eigenvalue weighted by Gasteiger charge is -2.05. The minimum absolute atomic E-state index is 0.0242. The highest BCUT2D eigenvalue weighted by Gasteiger charge is 2.31. The van der Waals surface area contributed by atoms with Crippen molar-refractivity contribution in [3.05, 3.63) is 29.3 Å². The van der Waals surface area contributed by atoms with Crippen LogP contribution in [0.1, 0.15) is 16.9 Å². The van der Waals surface area contributed by atoms with Gasteiger partial charge in [0.15, 0.2) is 11.5 Å². The van der Waals surface area contributed by atoms with Crippen LogP contribution in [0.5, 0.6) is 0 Å². The monoisotopic (exact) mass is 259 g/mol. The van der Waals surface area contributed by atoms with Gasteiger partial charge in [-0.05, 0) is 6.92 Å². The first-order valence-electron chi connectivity index (χ1n) is 4.89. The molecule has 18 heavy (non-hydrogen) atoms. The highest BCUT2D eigenvalue weighted by molar-refractivity contribution is 5.54. The van der Waals surface area contributed by atoms with E-state index >= 15 is 0 Å². The fourth-order valence-corrected chi connectivity index (χ4v) is 1.35. The standard InChI is InChI=1S/C10H8F3N3O2/c1-5-7(4-17)8(16-18-5)9-14-2-6(3-15-9)10(11,12)13/h2-3,17H,4H2,1H3.